The van der Waals surface area contributed by atoms with Gasteiger partial charge in [0.2, 0.25) is 0 Å². The lowest BCUT2D eigenvalue weighted by Crippen LogP contribution is -2.41. The van der Waals surface area contributed by atoms with Crippen LogP contribution in [0.25, 0.3) is 0 Å². The van der Waals surface area contributed by atoms with Crippen LogP contribution in [0.5, 0.6) is 0 Å². The van der Waals surface area contributed by atoms with E-state index < -0.39 is 0 Å². The number of hydrogen-bond donors (Lipinski definition) is 1. The summed E-state index contributed by atoms with van der Waals surface area (Å²) in [5.74, 6) is 0. The molecule has 20 heavy (non-hydrogen) atoms. The van der Waals surface area contributed by atoms with Crippen LogP contribution in [-0.2, 0) is 16.6 Å². The summed E-state index contributed by atoms with van der Waals surface area (Å²) >= 11 is 0. The van der Waals surface area contributed by atoms with Gasteiger partial charge >= 0.3 is 0 Å². The Balaban J connectivity index is 1.86. The molecule has 0 radical (unpaired) electrons. The van der Waals surface area contributed by atoms with Crippen molar-refractivity contribution in [2.75, 3.05) is 6.54 Å². The van der Waals surface area contributed by atoms with Crippen molar-refractivity contribution in [1.82, 2.24) is 0 Å². The maximum atomic E-state index is 6.24. The number of nitrogens with two attached hydrogens (primary N) is 1. The molecule has 2 N–H and O–H groups in total. The molecule has 2 atom stereocenters. The van der Waals surface area contributed by atoms with Crippen molar-refractivity contribution in [1.29, 1.82) is 0 Å². The van der Waals surface area contributed by atoms with Gasteiger partial charge in [0.25, 0.3) is 0 Å². The number of fused-ring (bicyclic) bond motifs is 1. The second kappa shape index (κ2) is 5.16. The van der Waals surface area contributed by atoms with E-state index in [9.17, 15) is 0 Å². The van der Waals surface area contributed by atoms with Crippen LogP contribution >= 0.6 is 0 Å². The molecule has 0 saturated carbocycles. The van der Waals surface area contributed by atoms with Crippen molar-refractivity contribution in [2.24, 2.45) is 5.73 Å². The third-order valence-electron chi connectivity index (χ3n) is 5.25. The van der Waals surface area contributed by atoms with Crippen molar-refractivity contribution < 1.29 is 4.74 Å². The molecule has 1 heterocycles. The quantitative estimate of drug-likeness (QED) is 0.914. The Kier molecular flexibility index (Phi) is 3.64. The van der Waals surface area contributed by atoms with E-state index in [-0.39, 0.29) is 11.0 Å². The van der Waals surface area contributed by atoms with E-state index in [2.05, 4.69) is 38.1 Å². The van der Waals surface area contributed by atoms with Crippen molar-refractivity contribution in [3.8, 4) is 0 Å². The van der Waals surface area contributed by atoms with Crippen LogP contribution in [-0.4, -0.2) is 18.2 Å². The molecule has 1 aromatic carbocycles. The van der Waals surface area contributed by atoms with E-state index in [1.54, 1.807) is 0 Å². The monoisotopic (exact) mass is 273 g/mol. The summed E-state index contributed by atoms with van der Waals surface area (Å²) in [7, 11) is 0. The first kappa shape index (κ1) is 14.1. The second-order valence-corrected chi connectivity index (χ2v) is 7.24. The zero-order chi connectivity index (χ0) is 14.2. The summed E-state index contributed by atoms with van der Waals surface area (Å²) in [6.45, 7) is 5.15. The van der Waals surface area contributed by atoms with Crippen LogP contribution in [0.3, 0.4) is 0 Å². The Morgan fingerprint density at radius 3 is 2.75 bits per heavy atom. The Hall–Kier alpha value is -0.860. The number of hydrogen-bond acceptors (Lipinski definition) is 2. The van der Waals surface area contributed by atoms with E-state index >= 15 is 0 Å². The Labute approximate surface area is 122 Å². The van der Waals surface area contributed by atoms with Gasteiger partial charge in [0, 0.05) is 12.0 Å². The van der Waals surface area contributed by atoms with Gasteiger partial charge in [0.15, 0.2) is 0 Å². The van der Waals surface area contributed by atoms with Gasteiger partial charge in [-0.2, -0.15) is 0 Å². The molecular formula is C18H27NO. The normalized spacial score (nSPS) is 32.0. The molecule has 1 aromatic rings. The van der Waals surface area contributed by atoms with Crippen LogP contribution in [0.1, 0.15) is 57.1 Å². The van der Waals surface area contributed by atoms with Gasteiger partial charge < -0.3 is 10.5 Å². The van der Waals surface area contributed by atoms with Gasteiger partial charge in [-0.05, 0) is 63.5 Å². The van der Waals surface area contributed by atoms with Gasteiger partial charge in [0.05, 0.1) is 11.7 Å². The maximum Gasteiger partial charge on any atom is 0.0631 e. The fraction of sp³-hybridized carbons (Fsp3) is 0.667. The average molecular weight is 273 g/mol. The van der Waals surface area contributed by atoms with Crippen molar-refractivity contribution in [3.63, 3.8) is 0 Å². The number of aryl methyl sites for hydroxylation is 1. The summed E-state index contributed by atoms with van der Waals surface area (Å²) in [5, 5.41) is 0. The van der Waals surface area contributed by atoms with E-state index in [0.29, 0.717) is 6.10 Å². The highest BCUT2D eigenvalue weighted by atomic mass is 16.5. The van der Waals surface area contributed by atoms with E-state index in [0.717, 1.165) is 13.0 Å². The molecule has 0 spiro atoms. The van der Waals surface area contributed by atoms with Gasteiger partial charge in [0.1, 0.15) is 0 Å². The zero-order valence-electron chi connectivity index (χ0n) is 12.8. The van der Waals surface area contributed by atoms with E-state index in [1.807, 2.05) is 0 Å². The van der Waals surface area contributed by atoms with E-state index in [1.165, 1.54) is 43.2 Å². The third-order valence-corrected chi connectivity index (χ3v) is 5.25. The van der Waals surface area contributed by atoms with Crippen molar-refractivity contribution in [2.45, 2.75) is 69.5 Å². The summed E-state index contributed by atoms with van der Waals surface area (Å²) < 4.78 is 6.24. The number of rotatable bonds is 3. The van der Waals surface area contributed by atoms with Crippen LogP contribution in [0.2, 0.25) is 0 Å². The fourth-order valence-corrected chi connectivity index (χ4v) is 4.17. The Bertz CT molecular complexity index is 482. The smallest absolute Gasteiger partial charge is 0.0631 e. The lowest BCUT2D eigenvalue weighted by atomic mass is 9.67. The number of ether oxygens (including phenoxy) is 1. The summed E-state index contributed by atoms with van der Waals surface area (Å²) in [6.07, 6.45) is 7.47. The first-order chi connectivity index (χ1) is 9.55. The molecule has 1 fully saturated rings. The Morgan fingerprint density at radius 1 is 1.25 bits per heavy atom. The van der Waals surface area contributed by atoms with E-state index in [4.69, 9.17) is 10.5 Å². The van der Waals surface area contributed by atoms with Gasteiger partial charge in [-0.25, -0.2) is 0 Å². The predicted octanol–water partition coefficient (Wildman–Crippen LogP) is 3.57. The minimum absolute atomic E-state index is 0.0502. The molecule has 0 aromatic heterocycles. The molecule has 2 aliphatic rings. The molecule has 2 nitrogen and oxygen atoms in total. The molecule has 0 amide bonds. The molecule has 2 heteroatoms. The second-order valence-electron chi connectivity index (χ2n) is 7.24. The summed E-state index contributed by atoms with van der Waals surface area (Å²) in [5.41, 5.74) is 9.42. The summed E-state index contributed by atoms with van der Waals surface area (Å²) in [6, 6.07) is 8.88. The van der Waals surface area contributed by atoms with Crippen molar-refractivity contribution in [3.05, 3.63) is 35.4 Å². The van der Waals surface area contributed by atoms with Crippen LogP contribution in [0.4, 0.5) is 0 Å². The Morgan fingerprint density at radius 2 is 2.05 bits per heavy atom. The first-order valence-corrected chi connectivity index (χ1v) is 8.01. The van der Waals surface area contributed by atoms with Crippen molar-refractivity contribution >= 4 is 0 Å². The molecular weight excluding hydrogens is 246 g/mol. The highest BCUT2D eigenvalue weighted by Gasteiger charge is 2.41. The molecule has 1 saturated heterocycles. The standard InChI is InChI=1S/C18H27NO/c1-17(2)11-9-15(20-17)12-18(13-19)10-5-7-14-6-3-4-8-16(14)18/h3-4,6,8,15H,5,7,9-13,19H2,1-2H3. The lowest BCUT2D eigenvalue weighted by molar-refractivity contribution is -0.0283. The lowest BCUT2D eigenvalue weighted by Gasteiger charge is -2.40. The zero-order valence-corrected chi connectivity index (χ0v) is 12.8. The molecule has 110 valence electrons. The van der Waals surface area contributed by atoms with Gasteiger partial charge in [-0.1, -0.05) is 24.3 Å². The first-order valence-electron chi connectivity index (χ1n) is 8.01. The van der Waals surface area contributed by atoms with Crippen LogP contribution < -0.4 is 5.73 Å². The molecule has 2 unspecified atom stereocenters. The number of benzene rings is 1. The third kappa shape index (κ3) is 2.51. The molecule has 1 aliphatic heterocycles. The summed E-state index contributed by atoms with van der Waals surface area (Å²) in [4.78, 5) is 0. The minimum atomic E-state index is 0.0502. The maximum absolute atomic E-state index is 6.24. The highest BCUT2D eigenvalue weighted by Crippen LogP contribution is 2.43. The SMILES string of the molecule is CC1(C)CCC(CC2(CN)CCCc3ccccc32)O1. The fourth-order valence-electron chi connectivity index (χ4n) is 4.17. The minimum Gasteiger partial charge on any atom is -0.372 e. The van der Waals surface area contributed by atoms with Crippen LogP contribution in [0, 0.1) is 0 Å². The van der Waals surface area contributed by atoms with Gasteiger partial charge in [-0.15, -0.1) is 0 Å². The van der Waals surface area contributed by atoms with Gasteiger partial charge in [-0.3, -0.25) is 0 Å². The molecule has 0 bridgehead atoms. The molecule has 3 rings (SSSR count). The largest absolute Gasteiger partial charge is 0.372 e. The van der Waals surface area contributed by atoms with Crippen LogP contribution in [0.15, 0.2) is 24.3 Å². The molecule has 1 aliphatic carbocycles. The average Bonchev–Trinajstić information content (AvgIpc) is 2.78. The predicted molar refractivity (Wildman–Crippen MR) is 82.9 cm³/mol. The highest BCUT2D eigenvalue weighted by molar-refractivity contribution is 5.37. The topological polar surface area (TPSA) is 35.2 Å².